The van der Waals surface area contributed by atoms with Crippen molar-refractivity contribution in [1.82, 2.24) is 4.98 Å². The summed E-state index contributed by atoms with van der Waals surface area (Å²) in [6.07, 6.45) is -1.35. The van der Waals surface area contributed by atoms with E-state index in [1.165, 1.54) is 0 Å². The highest BCUT2D eigenvalue weighted by Crippen LogP contribution is 2.36. The number of nitrogens with zero attached hydrogens (tertiary/aromatic N) is 2. The molecule has 0 saturated heterocycles. The molecule has 0 fully saturated rings. The maximum absolute atomic E-state index is 13.2. The molecule has 4 nitrogen and oxygen atoms in total. The number of rotatable bonds is 2. The SMILES string of the molecule is NC1=C(Nc2ccnc(F)c2C(F)(F)F)CCC=N1. The zero-order chi connectivity index (χ0) is 14.0. The summed E-state index contributed by atoms with van der Waals surface area (Å²) in [5.74, 6) is -1.48. The molecule has 8 heteroatoms. The Morgan fingerprint density at radius 3 is 2.68 bits per heavy atom. The Morgan fingerprint density at radius 2 is 2.05 bits per heavy atom. The summed E-state index contributed by atoms with van der Waals surface area (Å²) in [7, 11) is 0. The van der Waals surface area contributed by atoms with E-state index >= 15 is 0 Å². The van der Waals surface area contributed by atoms with Crippen molar-refractivity contribution in [2.75, 3.05) is 5.32 Å². The van der Waals surface area contributed by atoms with Gasteiger partial charge in [0.15, 0.2) is 0 Å². The Hall–Kier alpha value is -2.12. The largest absolute Gasteiger partial charge is 0.422 e. The predicted molar refractivity (Wildman–Crippen MR) is 61.8 cm³/mol. The molecule has 2 heterocycles. The number of allylic oxidation sites excluding steroid dienone is 1. The number of anilines is 1. The third-order valence-electron chi connectivity index (χ3n) is 2.54. The summed E-state index contributed by atoms with van der Waals surface area (Å²) < 4.78 is 51.5. The third-order valence-corrected chi connectivity index (χ3v) is 2.54. The number of hydrogen-bond acceptors (Lipinski definition) is 4. The van der Waals surface area contributed by atoms with Gasteiger partial charge in [-0.05, 0) is 18.9 Å². The van der Waals surface area contributed by atoms with E-state index in [1.54, 1.807) is 6.21 Å². The molecule has 0 saturated carbocycles. The molecular weight excluding hydrogens is 264 g/mol. The first-order chi connectivity index (χ1) is 8.89. The Labute approximate surface area is 106 Å². The summed E-state index contributed by atoms with van der Waals surface area (Å²) in [6, 6.07) is 1.05. The van der Waals surface area contributed by atoms with Gasteiger partial charge in [0.1, 0.15) is 11.4 Å². The van der Waals surface area contributed by atoms with E-state index in [1.807, 2.05) is 0 Å². The molecule has 0 aromatic carbocycles. The van der Waals surface area contributed by atoms with Gasteiger partial charge in [0, 0.05) is 12.4 Å². The zero-order valence-corrected chi connectivity index (χ0v) is 9.63. The fraction of sp³-hybridized carbons (Fsp3) is 0.273. The molecule has 0 amide bonds. The van der Waals surface area contributed by atoms with Gasteiger partial charge in [-0.25, -0.2) is 9.98 Å². The summed E-state index contributed by atoms with van der Waals surface area (Å²) >= 11 is 0. The molecule has 0 atom stereocenters. The van der Waals surface area contributed by atoms with Gasteiger partial charge in [0.25, 0.3) is 0 Å². The highest BCUT2D eigenvalue weighted by Gasteiger charge is 2.38. The normalized spacial score (nSPS) is 15.8. The Kier molecular flexibility index (Phi) is 3.41. The first-order valence-corrected chi connectivity index (χ1v) is 5.39. The lowest BCUT2D eigenvalue weighted by Crippen LogP contribution is -2.17. The van der Waals surface area contributed by atoms with Gasteiger partial charge >= 0.3 is 6.18 Å². The molecule has 1 aromatic rings. The second-order valence-electron chi connectivity index (χ2n) is 3.86. The van der Waals surface area contributed by atoms with Crippen LogP contribution in [0.1, 0.15) is 18.4 Å². The van der Waals surface area contributed by atoms with Crippen molar-refractivity contribution < 1.29 is 17.6 Å². The van der Waals surface area contributed by atoms with E-state index in [2.05, 4.69) is 15.3 Å². The van der Waals surface area contributed by atoms with Crippen LogP contribution in [0.15, 0.2) is 28.8 Å². The average Bonchev–Trinajstić information content (AvgIpc) is 2.30. The van der Waals surface area contributed by atoms with Crippen molar-refractivity contribution in [2.24, 2.45) is 10.7 Å². The molecule has 3 N–H and O–H groups in total. The first kappa shape index (κ1) is 13.3. The molecule has 0 radical (unpaired) electrons. The minimum Gasteiger partial charge on any atom is -0.382 e. The van der Waals surface area contributed by atoms with Crippen LogP contribution < -0.4 is 11.1 Å². The standard InChI is InChI=1S/C11H10F4N4/c12-9-8(11(13,14)15)6(3-5-17-9)19-7-2-1-4-18-10(7)16/h3-5H,1-2,16H2,(H,17,19). The van der Waals surface area contributed by atoms with Crippen molar-refractivity contribution in [3.63, 3.8) is 0 Å². The lowest BCUT2D eigenvalue weighted by molar-refractivity contribution is -0.139. The Bertz CT molecular complexity index is 548. The molecule has 0 spiro atoms. The van der Waals surface area contributed by atoms with E-state index < -0.39 is 23.4 Å². The number of hydrogen-bond donors (Lipinski definition) is 2. The minimum absolute atomic E-state index is 0.0941. The van der Waals surface area contributed by atoms with Gasteiger partial charge in [-0.15, -0.1) is 0 Å². The number of pyridine rings is 1. The van der Waals surface area contributed by atoms with Gasteiger partial charge in [-0.1, -0.05) is 0 Å². The zero-order valence-electron chi connectivity index (χ0n) is 9.63. The fourth-order valence-corrected chi connectivity index (χ4v) is 1.68. The number of halogens is 4. The van der Waals surface area contributed by atoms with E-state index in [9.17, 15) is 17.6 Å². The quantitative estimate of drug-likeness (QED) is 0.643. The van der Waals surface area contributed by atoms with Gasteiger partial charge in [-0.2, -0.15) is 17.6 Å². The molecule has 1 aromatic heterocycles. The van der Waals surface area contributed by atoms with Crippen LogP contribution in [-0.4, -0.2) is 11.2 Å². The van der Waals surface area contributed by atoms with Gasteiger partial charge in [0.2, 0.25) is 5.95 Å². The first-order valence-electron chi connectivity index (χ1n) is 5.39. The monoisotopic (exact) mass is 274 g/mol. The molecule has 1 aliphatic heterocycles. The van der Waals surface area contributed by atoms with Gasteiger partial charge < -0.3 is 11.1 Å². The molecule has 102 valence electrons. The van der Waals surface area contributed by atoms with Crippen molar-refractivity contribution >= 4 is 11.9 Å². The van der Waals surface area contributed by atoms with E-state index in [0.717, 1.165) is 12.3 Å². The summed E-state index contributed by atoms with van der Waals surface area (Å²) in [5.41, 5.74) is 4.02. The maximum atomic E-state index is 13.2. The number of nitrogens with one attached hydrogen (secondary N) is 1. The second kappa shape index (κ2) is 4.87. The van der Waals surface area contributed by atoms with Crippen molar-refractivity contribution in [1.29, 1.82) is 0 Å². The van der Waals surface area contributed by atoms with Crippen molar-refractivity contribution in [2.45, 2.75) is 19.0 Å². The van der Waals surface area contributed by atoms with Crippen LogP contribution in [0.25, 0.3) is 0 Å². The van der Waals surface area contributed by atoms with Crippen LogP contribution >= 0.6 is 0 Å². The van der Waals surface area contributed by atoms with E-state index in [-0.39, 0.29) is 5.82 Å². The van der Waals surface area contributed by atoms with E-state index in [0.29, 0.717) is 18.5 Å². The molecular formula is C11H10F4N4. The van der Waals surface area contributed by atoms with Crippen LogP contribution in [0.5, 0.6) is 0 Å². The van der Waals surface area contributed by atoms with Crippen LogP contribution in [0.4, 0.5) is 23.2 Å². The molecule has 0 unspecified atom stereocenters. The van der Waals surface area contributed by atoms with Crippen LogP contribution in [0.3, 0.4) is 0 Å². The predicted octanol–water partition coefficient (Wildman–Crippen LogP) is 2.64. The molecule has 1 aliphatic rings. The van der Waals surface area contributed by atoms with E-state index in [4.69, 9.17) is 5.73 Å². The molecule has 0 bridgehead atoms. The third kappa shape index (κ3) is 2.83. The Balaban J connectivity index is 2.41. The Morgan fingerprint density at radius 1 is 1.32 bits per heavy atom. The summed E-state index contributed by atoms with van der Waals surface area (Å²) in [5, 5.41) is 2.49. The highest BCUT2D eigenvalue weighted by molar-refractivity contribution is 5.64. The van der Waals surface area contributed by atoms with Crippen LogP contribution in [-0.2, 0) is 6.18 Å². The summed E-state index contributed by atoms with van der Waals surface area (Å²) in [6.45, 7) is 0. The lowest BCUT2D eigenvalue weighted by Gasteiger charge is -2.18. The molecule has 2 rings (SSSR count). The van der Waals surface area contributed by atoms with Crippen molar-refractivity contribution in [3.05, 3.63) is 35.3 Å². The fourth-order valence-electron chi connectivity index (χ4n) is 1.68. The van der Waals surface area contributed by atoms with Crippen LogP contribution in [0, 0.1) is 5.95 Å². The lowest BCUT2D eigenvalue weighted by atomic mass is 10.1. The number of aliphatic imine (C=N–C) groups is 1. The summed E-state index contributed by atoms with van der Waals surface area (Å²) in [4.78, 5) is 6.82. The topological polar surface area (TPSA) is 63.3 Å². The smallest absolute Gasteiger partial charge is 0.382 e. The average molecular weight is 274 g/mol. The van der Waals surface area contributed by atoms with Crippen LogP contribution in [0.2, 0.25) is 0 Å². The maximum Gasteiger partial charge on any atom is 0.422 e. The highest BCUT2D eigenvalue weighted by atomic mass is 19.4. The molecule has 0 aliphatic carbocycles. The molecule has 19 heavy (non-hydrogen) atoms. The van der Waals surface area contributed by atoms with Crippen molar-refractivity contribution in [3.8, 4) is 0 Å². The number of nitrogens with two attached hydrogens (primary N) is 1. The second-order valence-corrected chi connectivity index (χ2v) is 3.86. The number of alkyl halides is 3. The minimum atomic E-state index is -4.84. The van der Waals surface area contributed by atoms with Gasteiger partial charge in [0.05, 0.1) is 11.4 Å². The van der Waals surface area contributed by atoms with Gasteiger partial charge in [-0.3, -0.25) is 0 Å². The number of aromatic nitrogens is 1.